The van der Waals surface area contributed by atoms with Gasteiger partial charge in [-0.05, 0) is 42.8 Å². The first-order chi connectivity index (χ1) is 14.9. The average Bonchev–Trinajstić information content (AvgIpc) is 3.20. The van der Waals surface area contributed by atoms with Crippen molar-refractivity contribution in [1.29, 1.82) is 5.41 Å². The van der Waals surface area contributed by atoms with E-state index in [4.69, 9.17) is 15.9 Å². The van der Waals surface area contributed by atoms with Crippen molar-refractivity contribution in [2.45, 2.75) is 6.92 Å². The van der Waals surface area contributed by atoms with Gasteiger partial charge < -0.3 is 20.7 Å². The Morgan fingerprint density at radius 3 is 2.55 bits per heavy atom. The number of aliphatic imine (C=N–C) groups is 1. The number of anilines is 3. The van der Waals surface area contributed by atoms with E-state index in [2.05, 4.69) is 15.3 Å². The zero-order valence-corrected chi connectivity index (χ0v) is 16.8. The van der Waals surface area contributed by atoms with Crippen molar-refractivity contribution in [2.24, 2.45) is 10.7 Å². The van der Waals surface area contributed by atoms with Gasteiger partial charge in [-0.2, -0.15) is 0 Å². The van der Waals surface area contributed by atoms with Crippen LogP contribution in [0.3, 0.4) is 0 Å². The molecular weight excluding hydrogens is 398 g/mol. The van der Waals surface area contributed by atoms with Gasteiger partial charge in [0.15, 0.2) is 5.70 Å². The van der Waals surface area contributed by atoms with Crippen LogP contribution in [0.4, 0.5) is 17.2 Å². The number of amides is 2. The second-order valence-corrected chi connectivity index (χ2v) is 6.98. The molecule has 10 heteroatoms. The predicted octanol–water partition coefficient (Wildman–Crippen LogP) is 1.39. The highest BCUT2D eigenvalue weighted by molar-refractivity contribution is 6.12. The minimum atomic E-state index is -0.771. The molecule has 0 saturated carbocycles. The normalized spacial score (nSPS) is 15.8. The molecule has 1 fully saturated rings. The molecule has 158 valence electrons. The average molecular weight is 419 g/mol. The molecule has 4 rings (SSSR count). The Kier molecular flexibility index (Phi) is 5.35. The summed E-state index contributed by atoms with van der Waals surface area (Å²) in [6.07, 6.45) is 3.21. The van der Waals surface area contributed by atoms with E-state index in [0.717, 1.165) is 11.3 Å². The fourth-order valence-electron chi connectivity index (χ4n) is 3.31. The van der Waals surface area contributed by atoms with E-state index in [9.17, 15) is 9.59 Å². The lowest BCUT2D eigenvalue weighted by Crippen LogP contribution is -2.38. The topological polar surface area (TPSA) is 137 Å². The number of carbonyl (C=O) groups excluding carboxylic acids is 2. The molecule has 1 aromatic heterocycles. The molecule has 31 heavy (non-hydrogen) atoms. The van der Waals surface area contributed by atoms with Crippen LogP contribution in [0, 0.1) is 12.3 Å². The first-order valence-electron chi connectivity index (χ1n) is 9.61. The third kappa shape index (κ3) is 4.08. The summed E-state index contributed by atoms with van der Waals surface area (Å²) < 4.78 is 5.15. The Labute approximate surface area is 178 Å². The molecule has 2 aliphatic rings. The molecule has 1 aromatic carbocycles. The van der Waals surface area contributed by atoms with Crippen molar-refractivity contribution in [1.82, 2.24) is 4.98 Å². The molecule has 2 amide bonds. The summed E-state index contributed by atoms with van der Waals surface area (Å²) in [6.45, 7) is 3.23. The summed E-state index contributed by atoms with van der Waals surface area (Å²) in [4.78, 5) is 36.8. The highest BCUT2D eigenvalue weighted by atomic mass is 16.5. The minimum absolute atomic E-state index is 0.0179. The molecule has 10 nitrogen and oxygen atoms in total. The Morgan fingerprint density at radius 1 is 1.16 bits per heavy atom. The molecule has 0 aliphatic carbocycles. The van der Waals surface area contributed by atoms with Gasteiger partial charge in [0, 0.05) is 23.8 Å². The zero-order chi connectivity index (χ0) is 22.0. The number of nitrogens with zero attached hydrogens (tertiary/aromatic N) is 4. The lowest BCUT2D eigenvalue weighted by molar-refractivity contribution is -0.116. The van der Waals surface area contributed by atoms with Gasteiger partial charge in [0.05, 0.1) is 13.1 Å². The van der Waals surface area contributed by atoms with Crippen molar-refractivity contribution in [2.75, 3.05) is 34.8 Å². The quantitative estimate of drug-likeness (QED) is 0.670. The summed E-state index contributed by atoms with van der Waals surface area (Å²) >= 11 is 0. The third-order valence-corrected chi connectivity index (χ3v) is 4.84. The SMILES string of the molecule is Cc1ccc(N2CC=NC(C(=O)Nc3ccc(N4CCOC4=N)cc3)=C2C(N)=O)nc1. The van der Waals surface area contributed by atoms with Crippen molar-refractivity contribution in [3.8, 4) is 0 Å². The van der Waals surface area contributed by atoms with E-state index in [0.29, 0.717) is 24.7 Å². The van der Waals surface area contributed by atoms with Gasteiger partial charge in [0.25, 0.3) is 17.8 Å². The van der Waals surface area contributed by atoms with Crippen molar-refractivity contribution in [3.63, 3.8) is 0 Å². The fourth-order valence-corrected chi connectivity index (χ4v) is 3.31. The number of hydrogen-bond acceptors (Lipinski definition) is 7. The number of ether oxygens (including phenoxy) is 1. The number of pyridine rings is 1. The number of aromatic nitrogens is 1. The number of nitrogens with one attached hydrogen (secondary N) is 2. The number of nitrogens with two attached hydrogens (primary N) is 1. The van der Waals surface area contributed by atoms with Crippen LogP contribution < -0.4 is 20.9 Å². The van der Waals surface area contributed by atoms with Gasteiger partial charge in [0.1, 0.15) is 18.1 Å². The van der Waals surface area contributed by atoms with Crippen molar-refractivity contribution in [3.05, 3.63) is 59.6 Å². The monoisotopic (exact) mass is 419 g/mol. The lowest BCUT2D eigenvalue weighted by atomic mass is 10.2. The van der Waals surface area contributed by atoms with Gasteiger partial charge in [-0.15, -0.1) is 0 Å². The van der Waals surface area contributed by atoms with Crippen molar-refractivity contribution >= 4 is 41.2 Å². The van der Waals surface area contributed by atoms with Crippen LogP contribution >= 0.6 is 0 Å². The standard InChI is InChI=1S/C21H21N7O3/c1-13-2-7-16(25-12-13)28-9-8-24-17(18(28)19(22)29)20(30)26-14-3-5-15(6-4-14)27-10-11-31-21(27)23/h2-8,12,23H,9-11H2,1H3,(H2,22,29)(H,26,30). The molecule has 2 aromatic rings. The van der Waals surface area contributed by atoms with E-state index in [1.807, 2.05) is 13.0 Å². The summed E-state index contributed by atoms with van der Waals surface area (Å²) in [7, 11) is 0. The number of hydrogen-bond donors (Lipinski definition) is 3. The smallest absolute Gasteiger partial charge is 0.289 e. The highest BCUT2D eigenvalue weighted by Gasteiger charge is 2.28. The van der Waals surface area contributed by atoms with Crippen LogP contribution in [-0.4, -0.2) is 48.7 Å². The van der Waals surface area contributed by atoms with E-state index >= 15 is 0 Å². The lowest BCUT2D eigenvalue weighted by Gasteiger charge is -2.27. The second-order valence-electron chi connectivity index (χ2n) is 6.98. The zero-order valence-electron chi connectivity index (χ0n) is 16.8. The molecule has 0 bridgehead atoms. The maximum atomic E-state index is 12.9. The first-order valence-corrected chi connectivity index (χ1v) is 9.61. The number of aryl methyl sites for hydroxylation is 1. The van der Waals surface area contributed by atoms with Crippen molar-refractivity contribution < 1.29 is 14.3 Å². The summed E-state index contributed by atoms with van der Waals surface area (Å²) in [6, 6.07) is 10.7. The molecule has 3 heterocycles. The van der Waals surface area contributed by atoms with Gasteiger partial charge >= 0.3 is 0 Å². The Hall–Kier alpha value is -4.21. The number of amidine groups is 1. The van der Waals surface area contributed by atoms with Crippen LogP contribution in [0.25, 0.3) is 0 Å². The van der Waals surface area contributed by atoms with E-state index in [1.54, 1.807) is 46.3 Å². The Morgan fingerprint density at radius 2 is 1.94 bits per heavy atom. The first kappa shape index (κ1) is 20.1. The number of benzene rings is 1. The molecule has 0 spiro atoms. The van der Waals surface area contributed by atoms with Crippen LogP contribution in [0.15, 0.2) is 59.0 Å². The summed E-state index contributed by atoms with van der Waals surface area (Å²) in [5.74, 6) is -0.838. The maximum absolute atomic E-state index is 12.9. The molecule has 4 N–H and O–H groups in total. The van der Waals surface area contributed by atoms with Crippen LogP contribution in [0.2, 0.25) is 0 Å². The van der Waals surface area contributed by atoms with Gasteiger partial charge in [-0.1, -0.05) is 6.07 Å². The number of primary amides is 1. The summed E-state index contributed by atoms with van der Waals surface area (Å²) in [5.41, 5.74) is 7.75. The van der Waals surface area contributed by atoms with Crippen LogP contribution in [0.5, 0.6) is 0 Å². The van der Waals surface area contributed by atoms with Gasteiger partial charge in [-0.25, -0.2) is 4.98 Å². The minimum Gasteiger partial charge on any atom is -0.463 e. The largest absolute Gasteiger partial charge is 0.463 e. The third-order valence-electron chi connectivity index (χ3n) is 4.84. The predicted molar refractivity (Wildman–Crippen MR) is 117 cm³/mol. The van der Waals surface area contributed by atoms with E-state index in [-0.39, 0.29) is 24.0 Å². The van der Waals surface area contributed by atoms with E-state index < -0.39 is 11.8 Å². The van der Waals surface area contributed by atoms with E-state index in [1.165, 1.54) is 6.21 Å². The second kappa shape index (κ2) is 8.27. The fraction of sp³-hybridized carbons (Fsp3) is 0.190. The van der Waals surface area contributed by atoms with Crippen LogP contribution in [0.1, 0.15) is 5.56 Å². The summed E-state index contributed by atoms with van der Waals surface area (Å²) in [5, 5.41) is 10.5. The number of rotatable bonds is 5. The molecule has 1 saturated heterocycles. The molecule has 0 radical (unpaired) electrons. The highest BCUT2D eigenvalue weighted by Crippen LogP contribution is 2.25. The molecular formula is C21H21N7O3. The number of carbonyl (C=O) groups is 2. The Balaban J connectivity index is 1.57. The molecule has 2 aliphatic heterocycles. The van der Waals surface area contributed by atoms with Gasteiger partial charge in [-0.3, -0.25) is 24.9 Å². The van der Waals surface area contributed by atoms with Gasteiger partial charge in [0.2, 0.25) is 0 Å². The molecule has 0 atom stereocenters. The van der Waals surface area contributed by atoms with Crippen LogP contribution in [-0.2, 0) is 14.3 Å². The molecule has 0 unspecified atom stereocenters. The Bertz CT molecular complexity index is 1090. The maximum Gasteiger partial charge on any atom is 0.289 e.